The van der Waals surface area contributed by atoms with E-state index in [0.29, 0.717) is 30.7 Å². The van der Waals surface area contributed by atoms with Gasteiger partial charge in [0.25, 0.3) is 0 Å². The van der Waals surface area contributed by atoms with Gasteiger partial charge in [-0.05, 0) is 48.1 Å². The second-order valence-electron chi connectivity index (χ2n) is 7.33. The maximum Gasteiger partial charge on any atom is 0.336 e. The summed E-state index contributed by atoms with van der Waals surface area (Å²) < 4.78 is 12.8. The molecule has 0 saturated heterocycles. The van der Waals surface area contributed by atoms with Crippen molar-refractivity contribution in [1.82, 2.24) is 9.88 Å². The Morgan fingerprint density at radius 1 is 1.17 bits per heavy atom. The number of fused-ring (bicyclic) bond motifs is 2. The highest BCUT2D eigenvalue weighted by atomic mass is 16.5. The summed E-state index contributed by atoms with van der Waals surface area (Å²) in [6.07, 6.45) is 2.93. The van der Waals surface area contributed by atoms with Crippen LogP contribution in [0, 0.1) is 6.92 Å². The van der Waals surface area contributed by atoms with Crippen LogP contribution >= 0.6 is 0 Å². The van der Waals surface area contributed by atoms with E-state index in [1.807, 2.05) is 31.3 Å². The summed E-state index contributed by atoms with van der Waals surface area (Å²) in [7, 11) is 1.57. The number of hydrogen-bond donors (Lipinski definition) is 1. The minimum atomic E-state index is -0.385. The Hall–Kier alpha value is -3.54. The normalized spacial score (nSPS) is 11.1. The zero-order valence-corrected chi connectivity index (χ0v) is 17.1. The molecular weight excluding hydrogens is 380 g/mol. The molecule has 0 aliphatic heterocycles. The molecule has 0 bridgehead atoms. The molecule has 0 spiro atoms. The molecule has 4 rings (SSSR count). The number of rotatable bonds is 7. The number of hydrogen-bond acceptors (Lipinski definition) is 4. The van der Waals surface area contributed by atoms with E-state index in [0.717, 1.165) is 28.6 Å². The molecule has 0 aliphatic rings. The van der Waals surface area contributed by atoms with Crippen molar-refractivity contribution in [2.75, 3.05) is 13.7 Å². The monoisotopic (exact) mass is 404 g/mol. The Balaban J connectivity index is 1.38. The first-order chi connectivity index (χ1) is 14.5. The lowest BCUT2D eigenvalue weighted by molar-refractivity contribution is -0.121. The summed E-state index contributed by atoms with van der Waals surface area (Å²) in [6, 6.07) is 15.4. The molecule has 2 heterocycles. The van der Waals surface area contributed by atoms with Gasteiger partial charge in [0, 0.05) is 48.7 Å². The summed E-state index contributed by atoms with van der Waals surface area (Å²) in [5.41, 5.74) is 3.02. The minimum absolute atomic E-state index is 0.00933. The van der Waals surface area contributed by atoms with Crippen LogP contribution in [0.5, 0.6) is 5.75 Å². The molecule has 2 aromatic heterocycles. The number of nitrogens with zero attached hydrogens (tertiary/aromatic N) is 1. The number of aryl methyl sites for hydroxylation is 2. The molecule has 0 unspecified atom stereocenters. The van der Waals surface area contributed by atoms with Crippen LogP contribution < -0.4 is 15.7 Å². The van der Waals surface area contributed by atoms with Crippen LogP contribution in [0.25, 0.3) is 21.9 Å². The van der Waals surface area contributed by atoms with Gasteiger partial charge in [0.1, 0.15) is 11.3 Å². The van der Waals surface area contributed by atoms with Gasteiger partial charge in [0.15, 0.2) is 0 Å². The average molecular weight is 404 g/mol. The van der Waals surface area contributed by atoms with Gasteiger partial charge < -0.3 is 19.0 Å². The third kappa shape index (κ3) is 4.08. The van der Waals surface area contributed by atoms with Gasteiger partial charge in [-0.25, -0.2) is 4.79 Å². The molecule has 0 saturated carbocycles. The summed E-state index contributed by atoms with van der Waals surface area (Å²) in [4.78, 5) is 24.0. The highest BCUT2D eigenvalue weighted by Gasteiger charge is 2.12. The molecule has 6 nitrogen and oxygen atoms in total. The number of aromatic nitrogens is 1. The molecule has 0 fully saturated rings. The van der Waals surface area contributed by atoms with Crippen molar-refractivity contribution in [2.24, 2.45) is 0 Å². The van der Waals surface area contributed by atoms with Crippen LogP contribution in [0.3, 0.4) is 0 Å². The fourth-order valence-corrected chi connectivity index (χ4v) is 3.76. The van der Waals surface area contributed by atoms with Crippen molar-refractivity contribution < 1.29 is 13.9 Å². The standard InChI is InChI=1S/C24H24N2O4/c1-16-13-24(28)30-22-15-21(29-2)18(14-19(16)22)7-8-23(27)25-10-12-26-11-9-17-5-3-4-6-20(17)26/h3-6,9,11,13-15H,7-8,10,12H2,1-2H3,(H,25,27). The number of carbonyl (C=O) groups is 1. The SMILES string of the molecule is COc1cc2oc(=O)cc(C)c2cc1CCC(=O)NCCn1ccc2ccccc21. The second kappa shape index (κ2) is 8.45. The van der Waals surface area contributed by atoms with Crippen molar-refractivity contribution in [2.45, 2.75) is 26.3 Å². The topological polar surface area (TPSA) is 73.5 Å². The van der Waals surface area contributed by atoms with Crippen molar-refractivity contribution in [1.29, 1.82) is 0 Å². The van der Waals surface area contributed by atoms with Gasteiger partial charge in [-0.15, -0.1) is 0 Å². The van der Waals surface area contributed by atoms with Gasteiger partial charge >= 0.3 is 5.63 Å². The fourth-order valence-electron chi connectivity index (χ4n) is 3.76. The quantitative estimate of drug-likeness (QED) is 0.476. The predicted octanol–water partition coefficient (Wildman–Crippen LogP) is 3.81. The Morgan fingerprint density at radius 2 is 2.00 bits per heavy atom. The molecule has 1 amide bonds. The van der Waals surface area contributed by atoms with Crippen LogP contribution in [-0.2, 0) is 17.8 Å². The fraction of sp³-hybridized carbons (Fsp3) is 0.250. The number of carbonyl (C=O) groups excluding carboxylic acids is 1. The number of nitrogens with one attached hydrogen (secondary N) is 1. The van der Waals surface area contributed by atoms with Crippen molar-refractivity contribution in [3.8, 4) is 5.75 Å². The van der Waals surface area contributed by atoms with E-state index >= 15 is 0 Å². The van der Waals surface area contributed by atoms with Crippen molar-refractivity contribution in [3.63, 3.8) is 0 Å². The lowest BCUT2D eigenvalue weighted by Crippen LogP contribution is -2.27. The van der Waals surface area contributed by atoms with Crippen LogP contribution in [0.15, 0.2) is 63.9 Å². The zero-order chi connectivity index (χ0) is 21.1. The molecule has 30 heavy (non-hydrogen) atoms. The third-order valence-electron chi connectivity index (χ3n) is 5.33. The molecule has 154 valence electrons. The lowest BCUT2D eigenvalue weighted by atomic mass is 10.0. The third-order valence-corrected chi connectivity index (χ3v) is 5.33. The molecule has 4 aromatic rings. The molecule has 0 radical (unpaired) electrons. The van der Waals surface area contributed by atoms with Crippen LogP contribution in [0.2, 0.25) is 0 Å². The number of para-hydroxylation sites is 1. The van der Waals surface area contributed by atoms with E-state index in [9.17, 15) is 9.59 Å². The largest absolute Gasteiger partial charge is 0.496 e. The van der Waals surface area contributed by atoms with Gasteiger partial charge in [-0.3, -0.25) is 4.79 Å². The smallest absolute Gasteiger partial charge is 0.336 e. The molecular formula is C24H24N2O4. The number of benzene rings is 2. The molecule has 0 atom stereocenters. The van der Waals surface area contributed by atoms with Crippen LogP contribution in [-0.4, -0.2) is 24.1 Å². The Morgan fingerprint density at radius 3 is 2.83 bits per heavy atom. The first-order valence-electron chi connectivity index (χ1n) is 9.97. The number of methoxy groups -OCH3 is 1. The summed E-state index contributed by atoms with van der Waals surface area (Å²) in [6.45, 7) is 3.15. The Kier molecular flexibility index (Phi) is 5.57. The maximum atomic E-state index is 12.4. The molecule has 0 aliphatic carbocycles. The highest BCUT2D eigenvalue weighted by Crippen LogP contribution is 2.28. The highest BCUT2D eigenvalue weighted by molar-refractivity contribution is 5.83. The second-order valence-corrected chi connectivity index (χ2v) is 7.33. The lowest BCUT2D eigenvalue weighted by Gasteiger charge is -2.11. The molecule has 2 aromatic carbocycles. The van der Waals surface area contributed by atoms with Crippen molar-refractivity contribution >= 4 is 27.8 Å². The van der Waals surface area contributed by atoms with E-state index in [1.165, 1.54) is 11.5 Å². The van der Waals surface area contributed by atoms with E-state index in [1.54, 1.807) is 13.2 Å². The summed E-state index contributed by atoms with van der Waals surface area (Å²) in [5.74, 6) is 0.604. The maximum absolute atomic E-state index is 12.4. The van der Waals surface area contributed by atoms with Crippen LogP contribution in [0.4, 0.5) is 0 Å². The Bertz CT molecular complexity index is 1270. The first kappa shape index (κ1) is 19.8. The van der Waals surface area contributed by atoms with Gasteiger partial charge in [-0.1, -0.05) is 18.2 Å². The van der Waals surface area contributed by atoms with E-state index in [2.05, 4.69) is 28.1 Å². The minimum Gasteiger partial charge on any atom is -0.496 e. The zero-order valence-electron chi connectivity index (χ0n) is 17.1. The van der Waals surface area contributed by atoms with E-state index in [4.69, 9.17) is 9.15 Å². The summed E-state index contributed by atoms with van der Waals surface area (Å²) >= 11 is 0. The number of amides is 1. The van der Waals surface area contributed by atoms with Crippen molar-refractivity contribution in [3.05, 3.63) is 76.3 Å². The van der Waals surface area contributed by atoms with Crippen LogP contribution in [0.1, 0.15) is 17.5 Å². The number of ether oxygens (including phenoxy) is 1. The molecule has 1 N–H and O–H groups in total. The average Bonchev–Trinajstić information content (AvgIpc) is 3.15. The van der Waals surface area contributed by atoms with Gasteiger partial charge in [0.2, 0.25) is 5.91 Å². The molecule has 6 heteroatoms. The van der Waals surface area contributed by atoms with Gasteiger partial charge in [-0.2, -0.15) is 0 Å². The van der Waals surface area contributed by atoms with Gasteiger partial charge in [0.05, 0.1) is 7.11 Å². The van der Waals surface area contributed by atoms with E-state index in [-0.39, 0.29) is 11.5 Å². The predicted molar refractivity (Wildman–Crippen MR) is 117 cm³/mol. The summed E-state index contributed by atoms with van der Waals surface area (Å²) in [5, 5.41) is 5.03. The van der Waals surface area contributed by atoms with E-state index < -0.39 is 0 Å². The first-order valence-corrected chi connectivity index (χ1v) is 9.97. The Labute approximate surface area is 174 Å².